The summed E-state index contributed by atoms with van der Waals surface area (Å²) >= 11 is 0. The van der Waals surface area contributed by atoms with Crippen molar-refractivity contribution in [3.8, 4) is 0 Å². The molecule has 1 aromatic heterocycles. The highest BCUT2D eigenvalue weighted by Crippen LogP contribution is 2.31. The second-order valence-electron chi connectivity index (χ2n) is 4.85. The van der Waals surface area contributed by atoms with Gasteiger partial charge in [-0.15, -0.1) is 0 Å². The second-order valence-corrected chi connectivity index (χ2v) is 4.85. The van der Waals surface area contributed by atoms with E-state index in [-0.39, 0.29) is 12.2 Å². The molecule has 1 saturated carbocycles. The smallest absolute Gasteiger partial charge is 0.389 e. The maximum absolute atomic E-state index is 12.3. The summed E-state index contributed by atoms with van der Waals surface area (Å²) in [5.41, 5.74) is -1.71. The molecule has 100 valence electrons. The Labute approximate surface area is 103 Å². The summed E-state index contributed by atoms with van der Waals surface area (Å²) in [5.74, 6) is 0.271. The topological polar surface area (TPSA) is 46.0 Å². The molecular formula is C12H15F3N2O. The molecule has 0 atom stereocenters. The summed E-state index contributed by atoms with van der Waals surface area (Å²) in [6.07, 6.45) is 1.66. The molecule has 1 heterocycles. The first-order valence-electron chi connectivity index (χ1n) is 6.00. The number of nitrogens with zero attached hydrogens (tertiary/aromatic N) is 2. The van der Waals surface area contributed by atoms with E-state index in [0.29, 0.717) is 12.8 Å². The lowest BCUT2D eigenvalue weighted by atomic mass is 9.82. The molecule has 0 amide bonds. The summed E-state index contributed by atoms with van der Waals surface area (Å²) in [5, 5.41) is 10.3. The standard InChI is InChI=1S/C12H15F3N2O/c13-12(14,15)9-7-16-10(17-8-9)6-11(18)4-2-1-3-5-11/h7-8,18H,1-6H2. The third-order valence-corrected chi connectivity index (χ3v) is 3.30. The summed E-state index contributed by atoms with van der Waals surface area (Å²) < 4.78 is 37.0. The van der Waals surface area contributed by atoms with Crippen molar-refractivity contribution in [1.82, 2.24) is 9.97 Å². The minimum absolute atomic E-state index is 0.227. The van der Waals surface area contributed by atoms with Gasteiger partial charge in [0, 0.05) is 18.8 Å². The molecule has 0 bridgehead atoms. The van der Waals surface area contributed by atoms with E-state index >= 15 is 0 Å². The van der Waals surface area contributed by atoms with Gasteiger partial charge in [-0.2, -0.15) is 13.2 Å². The molecule has 1 aromatic rings. The molecule has 1 fully saturated rings. The van der Waals surface area contributed by atoms with Gasteiger partial charge in [0.05, 0.1) is 11.2 Å². The summed E-state index contributed by atoms with van der Waals surface area (Å²) in [7, 11) is 0. The number of aromatic nitrogens is 2. The fourth-order valence-corrected chi connectivity index (χ4v) is 2.27. The van der Waals surface area contributed by atoms with Crippen molar-refractivity contribution >= 4 is 0 Å². The first-order valence-corrected chi connectivity index (χ1v) is 6.00. The van der Waals surface area contributed by atoms with Crippen LogP contribution in [0.3, 0.4) is 0 Å². The van der Waals surface area contributed by atoms with Crippen LogP contribution in [0.2, 0.25) is 0 Å². The molecule has 3 nitrogen and oxygen atoms in total. The van der Waals surface area contributed by atoms with Gasteiger partial charge in [0.15, 0.2) is 0 Å². The Hall–Kier alpha value is -1.17. The number of rotatable bonds is 2. The van der Waals surface area contributed by atoms with E-state index < -0.39 is 17.3 Å². The van der Waals surface area contributed by atoms with Gasteiger partial charge in [-0.05, 0) is 12.8 Å². The Kier molecular flexibility index (Phi) is 3.56. The van der Waals surface area contributed by atoms with Crippen molar-refractivity contribution in [3.63, 3.8) is 0 Å². The monoisotopic (exact) mass is 260 g/mol. The van der Waals surface area contributed by atoms with E-state index in [1.54, 1.807) is 0 Å². The Bertz CT molecular complexity index is 397. The predicted octanol–water partition coefficient (Wildman–Crippen LogP) is 2.73. The minimum Gasteiger partial charge on any atom is -0.389 e. The number of hydrogen-bond donors (Lipinski definition) is 1. The molecule has 0 saturated heterocycles. The number of hydrogen-bond acceptors (Lipinski definition) is 3. The lowest BCUT2D eigenvalue weighted by molar-refractivity contribution is -0.138. The fraction of sp³-hybridized carbons (Fsp3) is 0.667. The quantitative estimate of drug-likeness (QED) is 0.889. The van der Waals surface area contributed by atoms with Crippen LogP contribution in [0.25, 0.3) is 0 Å². The van der Waals surface area contributed by atoms with Crippen LogP contribution in [0, 0.1) is 0 Å². The van der Waals surface area contributed by atoms with E-state index in [2.05, 4.69) is 9.97 Å². The average molecular weight is 260 g/mol. The average Bonchev–Trinajstić information content (AvgIpc) is 2.29. The number of halogens is 3. The van der Waals surface area contributed by atoms with Gasteiger partial charge in [0.25, 0.3) is 0 Å². The van der Waals surface area contributed by atoms with Crippen LogP contribution in [-0.2, 0) is 12.6 Å². The lowest BCUT2D eigenvalue weighted by Gasteiger charge is -2.31. The van der Waals surface area contributed by atoms with Crippen LogP contribution in [0.1, 0.15) is 43.5 Å². The molecule has 0 spiro atoms. The Morgan fingerprint density at radius 3 is 2.17 bits per heavy atom. The summed E-state index contributed by atoms with van der Waals surface area (Å²) in [4.78, 5) is 7.39. The molecule has 0 aromatic carbocycles. The third kappa shape index (κ3) is 3.19. The fourth-order valence-electron chi connectivity index (χ4n) is 2.27. The molecule has 1 aliphatic carbocycles. The molecule has 1 aliphatic rings. The zero-order chi connectivity index (χ0) is 13.2. The van der Waals surface area contributed by atoms with Crippen LogP contribution in [0.15, 0.2) is 12.4 Å². The number of aliphatic hydroxyl groups is 1. The van der Waals surface area contributed by atoms with Crippen molar-refractivity contribution < 1.29 is 18.3 Å². The maximum atomic E-state index is 12.3. The Morgan fingerprint density at radius 2 is 1.67 bits per heavy atom. The summed E-state index contributed by atoms with van der Waals surface area (Å²) in [6.45, 7) is 0. The Balaban J connectivity index is 2.06. The van der Waals surface area contributed by atoms with Crippen molar-refractivity contribution in [2.24, 2.45) is 0 Å². The van der Waals surface area contributed by atoms with Crippen molar-refractivity contribution in [2.45, 2.75) is 50.3 Å². The van der Waals surface area contributed by atoms with E-state index in [4.69, 9.17) is 0 Å². The maximum Gasteiger partial charge on any atom is 0.419 e. The van der Waals surface area contributed by atoms with Gasteiger partial charge in [0.2, 0.25) is 0 Å². The highest BCUT2D eigenvalue weighted by Gasteiger charge is 2.33. The second kappa shape index (κ2) is 4.84. The first-order chi connectivity index (χ1) is 8.39. The normalized spacial score (nSPS) is 19.8. The van der Waals surface area contributed by atoms with Crippen LogP contribution >= 0.6 is 0 Å². The molecule has 0 radical (unpaired) electrons. The molecular weight excluding hydrogens is 245 g/mol. The Morgan fingerprint density at radius 1 is 1.11 bits per heavy atom. The van der Waals surface area contributed by atoms with Crippen molar-refractivity contribution in [3.05, 3.63) is 23.8 Å². The highest BCUT2D eigenvalue weighted by atomic mass is 19.4. The molecule has 2 rings (SSSR count). The van der Waals surface area contributed by atoms with Gasteiger partial charge in [-0.3, -0.25) is 0 Å². The minimum atomic E-state index is -4.42. The van der Waals surface area contributed by atoms with Crippen LogP contribution in [-0.4, -0.2) is 20.7 Å². The SMILES string of the molecule is OC1(Cc2ncc(C(F)(F)F)cn2)CCCCC1. The van der Waals surface area contributed by atoms with E-state index in [1.165, 1.54) is 0 Å². The van der Waals surface area contributed by atoms with Crippen molar-refractivity contribution in [2.75, 3.05) is 0 Å². The van der Waals surface area contributed by atoms with Gasteiger partial charge in [-0.1, -0.05) is 19.3 Å². The van der Waals surface area contributed by atoms with Gasteiger partial charge in [-0.25, -0.2) is 9.97 Å². The third-order valence-electron chi connectivity index (χ3n) is 3.30. The largest absolute Gasteiger partial charge is 0.419 e. The number of alkyl halides is 3. The highest BCUT2D eigenvalue weighted by molar-refractivity contribution is 5.10. The van der Waals surface area contributed by atoms with Gasteiger partial charge >= 0.3 is 6.18 Å². The van der Waals surface area contributed by atoms with Crippen LogP contribution in [0.5, 0.6) is 0 Å². The van der Waals surface area contributed by atoms with E-state index in [9.17, 15) is 18.3 Å². The molecule has 18 heavy (non-hydrogen) atoms. The first kappa shape index (κ1) is 13.3. The van der Waals surface area contributed by atoms with Crippen molar-refractivity contribution in [1.29, 1.82) is 0 Å². The lowest BCUT2D eigenvalue weighted by Crippen LogP contribution is -2.34. The van der Waals surface area contributed by atoms with Crippen LogP contribution in [0.4, 0.5) is 13.2 Å². The van der Waals surface area contributed by atoms with Gasteiger partial charge < -0.3 is 5.11 Å². The molecule has 1 N–H and O–H groups in total. The van der Waals surface area contributed by atoms with E-state index in [1.807, 2.05) is 0 Å². The van der Waals surface area contributed by atoms with Gasteiger partial charge in [0.1, 0.15) is 5.82 Å². The zero-order valence-electron chi connectivity index (χ0n) is 9.87. The molecule has 0 unspecified atom stereocenters. The zero-order valence-corrected chi connectivity index (χ0v) is 9.87. The molecule has 6 heteroatoms. The molecule has 0 aliphatic heterocycles. The van der Waals surface area contributed by atoms with Crippen LogP contribution < -0.4 is 0 Å². The van der Waals surface area contributed by atoms with E-state index in [0.717, 1.165) is 31.7 Å². The summed E-state index contributed by atoms with van der Waals surface area (Å²) in [6, 6.07) is 0. The predicted molar refractivity (Wildman–Crippen MR) is 58.8 cm³/mol.